The first-order chi connectivity index (χ1) is 16.6. The molecule has 0 bridgehead atoms. The van der Waals surface area contributed by atoms with Gasteiger partial charge in [-0.1, -0.05) is 57.4 Å². The molecule has 1 saturated heterocycles. The summed E-state index contributed by atoms with van der Waals surface area (Å²) in [5, 5.41) is 11.8. The minimum absolute atomic E-state index is 0.0574. The van der Waals surface area contributed by atoms with Crippen molar-refractivity contribution < 1.29 is 9.21 Å². The molecular weight excluding hydrogens is 444 g/mol. The van der Waals surface area contributed by atoms with Crippen molar-refractivity contribution in [3.63, 3.8) is 0 Å². The summed E-state index contributed by atoms with van der Waals surface area (Å²) in [6, 6.07) is 8.63. The third-order valence-electron chi connectivity index (χ3n) is 7.40. The van der Waals surface area contributed by atoms with Crippen LogP contribution in [-0.2, 0) is 4.79 Å². The summed E-state index contributed by atoms with van der Waals surface area (Å²) in [5.74, 6) is 1.68. The zero-order chi connectivity index (χ0) is 23.5. The molecule has 3 heterocycles. The summed E-state index contributed by atoms with van der Waals surface area (Å²) in [7, 11) is 0. The molecule has 7 heteroatoms. The number of aromatic nitrogens is 3. The lowest BCUT2D eigenvalue weighted by Crippen LogP contribution is -2.41. The number of hydrogen-bond donors (Lipinski definition) is 0. The molecule has 2 fully saturated rings. The van der Waals surface area contributed by atoms with Crippen LogP contribution in [0, 0.1) is 0 Å². The number of carbonyl (C=O) groups is 1. The van der Waals surface area contributed by atoms with E-state index in [1.54, 1.807) is 11.3 Å². The molecule has 1 aromatic carbocycles. The van der Waals surface area contributed by atoms with E-state index in [0.717, 1.165) is 31.5 Å². The minimum Gasteiger partial charge on any atom is -0.424 e. The van der Waals surface area contributed by atoms with Crippen molar-refractivity contribution in [3.8, 4) is 0 Å². The van der Waals surface area contributed by atoms with Crippen LogP contribution in [0.25, 0.3) is 0 Å². The number of rotatable bonds is 6. The van der Waals surface area contributed by atoms with Gasteiger partial charge in [-0.25, -0.2) is 4.98 Å². The van der Waals surface area contributed by atoms with E-state index in [-0.39, 0.29) is 11.8 Å². The Morgan fingerprint density at radius 1 is 0.971 bits per heavy atom. The molecule has 1 unspecified atom stereocenters. The third-order valence-corrected chi connectivity index (χ3v) is 8.34. The van der Waals surface area contributed by atoms with E-state index in [2.05, 4.69) is 39.4 Å². The minimum atomic E-state index is -0.559. The van der Waals surface area contributed by atoms with Crippen molar-refractivity contribution in [1.29, 1.82) is 0 Å². The molecule has 1 atom stereocenters. The van der Waals surface area contributed by atoms with Gasteiger partial charge >= 0.3 is 0 Å². The normalized spacial score (nSPS) is 19.0. The van der Waals surface area contributed by atoms with E-state index >= 15 is 0 Å². The van der Waals surface area contributed by atoms with Crippen LogP contribution in [0.5, 0.6) is 0 Å². The fraction of sp³-hybridized carbons (Fsp3) is 0.556. The fourth-order valence-corrected chi connectivity index (χ4v) is 6.16. The number of amides is 1. The highest BCUT2D eigenvalue weighted by molar-refractivity contribution is 7.09. The molecule has 2 aliphatic rings. The summed E-state index contributed by atoms with van der Waals surface area (Å²) in [6.07, 6.45) is 10.2. The predicted octanol–water partition coefficient (Wildman–Crippen LogP) is 6.24. The summed E-state index contributed by atoms with van der Waals surface area (Å²) in [4.78, 5) is 20.3. The first-order valence-electron chi connectivity index (χ1n) is 12.7. The number of hydrogen-bond acceptors (Lipinski definition) is 6. The zero-order valence-electron chi connectivity index (χ0n) is 20.2. The zero-order valence-corrected chi connectivity index (χ0v) is 21.0. The van der Waals surface area contributed by atoms with E-state index in [9.17, 15) is 4.79 Å². The molecule has 34 heavy (non-hydrogen) atoms. The number of thiazole rings is 1. The second-order valence-corrected chi connectivity index (χ2v) is 11.0. The number of carbonyl (C=O) groups excluding carboxylic acids is 1. The standard InChI is InChI=1S/C27H34N4O2S/c1-18(2)24-29-30-25(33-24)23(21-10-8-20(9-11-21)19-6-4-3-5-7-19)27(32)31-15-12-22(13-16-31)26-28-14-17-34-26/h8-11,14,17-19,22-23H,3-7,12-13,15-16H2,1-2H3. The highest BCUT2D eigenvalue weighted by atomic mass is 32.1. The molecule has 0 spiro atoms. The van der Waals surface area contributed by atoms with Crippen molar-refractivity contribution >= 4 is 17.2 Å². The second kappa shape index (κ2) is 10.4. The van der Waals surface area contributed by atoms with Gasteiger partial charge in [0.2, 0.25) is 17.7 Å². The summed E-state index contributed by atoms with van der Waals surface area (Å²) in [5.41, 5.74) is 2.32. The van der Waals surface area contributed by atoms with Crippen molar-refractivity contribution in [2.24, 2.45) is 0 Å². The van der Waals surface area contributed by atoms with Crippen molar-refractivity contribution in [2.45, 2.75) is 82.5 Å². The molecular formula is C27H34N4O2S. The van der Waals surface area contributed by atoms with E-state index < -0.39 is 5.92 Å². The summed E-state index contributed by atoms with van der Waals surface area (Å²) in [6.45, 7) is 5.50. The number of nitrogens with zero attached hydrogens (tertiary/aromatic N) is 4. The molecule has 180 valence electrons. The maximum atomic E-state index is 13.8. The van der Waals surface area contributed by atoms with Crippen molar-refractivity contribution in [2.75, 3.05) is 13.1 Å². The Morgan fingerprint density at radius 2 is 1.68 bits per heavy atom. The van der Waals surface area contributed by atoms with Crippen LogP contribution >= 0.6 is 11.3 Å². The lowest BCUT2D eigenvalue weighted by molar-refractivity contribution is -0.133. The first-order valence-corrected chi connectivity index (χ1v) is 13.6. The molecule has 5 rings (SSSR count). The Kier molecular flexibility index (Phi) is 7.09. The molecule has 0 radical (unpaired) electrons. The van der Waals surface area contributed by atoms with Crippen LogP contribution in [0.2, 0.25) is 0 Å². The highest BCUT2D eigenvalue weighted by Gasteiger charge is 2.35. The Hall–Kier alpha value is -2.54. The van der Waals surface area contributed by atoms with Gasteiger partial charge in [0.1, 0.15) is 5.92 Å². The van der Waals surface area contributed by atoms with Gasteiger partial charge < -0.3 is 9.32 Å². The average Bonchev–Trinajstić information content (AvgIpc) is 3.58. The van der Waals surface area contributed by atoms with Gasteiger partial charge in [0.05, 0.1) is 5.01 Å². The Labute approximate surface area is 205 Å². The lowest BCUT2D eigenvalue weighted by atomic mass is 9.83. The average molecular weight is 479 g/mol. The van der Waals surface area contributed by atoms with Crippen molar-refractivity contribution in [3.05, 3.63) is 63.8 Å². The van der Waals surface area contributed by atoms with Gasteiger partial charge in [0, 0.05) is 36.5 Å². The molecule has 3 aromatic rings. The molecule has 1 saturated carbocycles. The quantitative estimate of drug-likeness (QED) is 0.420. The van der Waals surface area contributed by atoms with Crippen molar-refractivity contribution in [1.82, 2.24) is 20.1 Å². The Morgan fingerprint density at radius 3 is 2.29 bits per heavy atom. The summed E-state index contributed by atoms with van der Waals surface area (Å²) >= 11 is 1.71. The van der Waals surface area contributed by atoms with Gasteiger partial charge in [-0.05, 0) is 42.7 Å². The Bertz CT molecular complexity index is 1060. The molecule has 0 N–H and O–H groups in total. The monoisotopic (exact) mass is 478 g/mol. The van der Waals surface area contributed by atoms with Crippen LogP contribution in [0.4, 0.5) is 0 Å². The molecule has 1 aliphatic carbocycles. The van der Waals surface area contributed by atoms with E-state index in [0.29, 0.717) is 23.6 Å². The smallest absolute Gasteiger partial charge is 0.239 e. The van der Waals surface area contributed by atoms with Crippen LogP contribution in [0.15, 0.2) is 40.3 Å². The van der Waals surface area contributed by atoms with Gasteiger partial charge in [-0.15, -0.1) is 21.5 Å². The third kappa shape index (κ3) is 4.95. The summed E-state index contributed by atoms with van der Waals surface area (Å²) < 4.78 is 6.02. The van der Waals surface area contributed by atoms with Crippen LogP contribution in [0.1, 0.15) is 110 Å². The topological polar surface area (TPSA) is 72.1 Å². The maximum absolute atomic E-state index is 13.8. The fourth-order valence-electron chi connectivity index (χ4n) is 5.35. The number of piperidine rings is 1. The van der Waals surface area contributed by atoms with Gasteiger partial charge in [-0.2, -0.15) is 0 Å². The maximum Gasteiger partial charge on any atom is 0.239 e. The van der Waals surface area contributed by atoms with E-state index in [1.807, 2.05) is 30.3 Å². The predicted molar refractivity (Wildman–Crippen MR) is 133 cm³/mol. The lowest BCUT2D eigenvalue weighted by Gasteiger charge is -2.33. The van der Waals surface area contributed by atoms with E-state index in [1.165, 1.54) is 42.7 Å². The highest BCUT2D eigenvalue weighted by Crippen LogP contribution is 2.36. The Balaban J connectivity index is 1.37. The van der Waals surface area contributed by atoms with Crippen LogP contribution < -0.4 is 0 Å². The van der Waals surface area contributed by atoms with Gasteiger partial charge in [0.15, 0.2) is 0 Å². The molecule has 2 aromatic heterocycles. The SMILES string of the molecule is CC(C)c1nnc(C(C(=O)N2CCC(c3nccs3)CC2)c2ccc(C3CCCCC3)cc2)o1. The number of likely N-dealkylation sites (tertiary alicyclic amines) is 1. The van der Waals surface area contributed by atoms with Gasteiger partial charge in [-0.3, -0.25) is 4.79 Å². The second-order valence-electron chi connectivity index (χ2n) is 10.0. The van der Waals surface area contributed by atoms with Crippen LogP contribution in [0.3, 0.4) is 0 Å². The first kappa shape index (κ1) is 23.2. The van der Waals surface area contributed by atoms with Crippen LogP contribution in [-0.4, -0.2) is 39.1 Å². The largest absolute Gasteiger partial charge is 0.424 e. The molecule has 1 amide bonds. The molecule has 1 aliphatic heterocycles. The van der Waals surface area contributed by atoms with E-state index in [4.69, 9.17) is 4.42 Å². The van der Waals surface area contributed by atoms with Gasteiger partial charge in [0.25, 0.3) is 0 Å². The number of benzene rings is 1. The molecule has 6 nitrogen and oxygen atoms in total.